The quantitative estimate of drug-likeness (QED) is 0.561. The number of hydrogen-bond donors (Lipinski definition) is 3. The largest absolute Gasteiger partial charge is 0.508 e. The predicted molar refractivity (Wildman–Crippen MR) is 55.4 cm³/mol. The Balaban J connectivity index is 2.75. The van der Waals surface area contributed by atoms with Crippen molar-refractivity contribution in [3.8, 4) is 5.75 Å². The lowest BCUT2D eigenvalue weighted by atomic mass is 9.77. The first-order chi connectivity index (χ1) is 6.68. The number of benzene rings is 2. The molecule has 3 nitrogen and oxygen atoms in total. The highest BCUT2D eigenvalue weighted by atomic mass is 16.4. The number of rotatable bonds is 1. The molecular formula is C10H9BO3. The van der Waals surface area contributed by atoms with Crippen molar-refractivity contribution in [1.29, 1.82) is 0 Å². The van der Waals surface area contributed by atoms with Gasteiger partial charge >= 0.3 is 7.12 Å². The van der Waals surface area contributed by atoms with E-state index >= 15 is 0 Å². The number of phenolic OH excluding ortho intramolecular Hbond substituents is 1. The summed E-state index contributed by atoms with van der Waals surface area (Å²) in [6.07, 6.45) is 0. The van der Waals surface area contributed by atoms with Crippen LogP contribution in [0.2, 0.25) is 0 Å². The first-order valence-corrected chi connectivity index (χ1v) is 4.26. The molecule has 0 spiro atoms. The fourth-order valence-corrected chi connectivity index (χ4v) is 1.52. The Hall–Kier alpha value is -1.52. The lowest BCUT2D eigenvalue weighted by molar-refractivity contribution is 0.426. The molecule has 2 aromatic carbocycles. The van der Waals surface area contributed by atoms with Crippen molar-refractivity contribution in [3.63, 3.8) is 0 Å². The van der Waals surface area contributed by atoms with E-state index in [1.165, 1.54) is 6.07 Å². The maximum Gasteiger partial charge on any atom is 0.489 e. The van der Waals surface area contributed by atoms with Crippen LogP contribution in [0.4, 0.5) is 0 Å². The molecular weight excluding hydrogens is 179 g/mol. The van der Waals surface area contributed by atoms with Crippen molar-refractivity contribution in [3.05, 3.63) is 36.4 Å². The van der Waals surface area contributed by atoms with Crippen LogP contribution in [0.5, 0.6) is 5.75 Å². The van der Waals surface area contributed by atoms with E-state index in [2.05, 4.69) is 0 Å². The van der Waals surface area contributed by atoms with Crippen molar-refractivity contribution in [2.75, 3.05) is 0 Å². The van der Waals surface area contributed by atoms with Crippen LogP contribution < -0.4 is 5.46 Å². The molecule has 0 saturated heterocycles. The zero-order valence-electron chi connectivity index (χ0n) is 7.38. The molecule has 2 aromatic rings. The molecule has 3 N–H and O–H groups in total. The standard InChI is InChI=1S/C10H9BO3/c12-8-4-5-9-7(6-8)2-1-3-10(9)11(13)14/h1-6,12-14H. The molecule has 0 atom stereocenters. The van der Waals surface area contributed by atoms with Gasteiger partial charge in [0.05, 0.1) is 0 Å². The molecule has 0 aliphatic heterocycles. The van der Waals surface area contributed by atoms with E-state index in [1.54, 1.807) is 30.3 Å². The van der Waals surface area contributed by atoms with E-state index in [-0.39, 0.29) is 5.75 Å². The Morgan fingerprint density at radius 1 is 1.00 bits per heavy atom. The van der Waals surface area contributed by atoms with Crippen LogP contribution in [0.15, 0.2) is 36.4 Å². The number of phenols is 1. The van der Waals surface area contributed by atoms with Gasteiger partial charge in [0.25, 0.3) is 0 Å². The summed E-state index contributed by atoms with van der Waals surface area (Å²) in [5.74, 6) is 0.169. The second-order valence-corrected chi connectivity index (χ2v) is 3.13. The van der Waals surface area contributed by atoms with E-state index in [9.17, 15) is 5.11 Å². The smallest absolute Gasteiger partial charge is 0.489 e. The molecule has 0 unspecified atom stereocenters. The van der Waals surface area contributed by atoms with Crippen LogP contribution in [0.25, 0.3) is 10.8 Å². The van der Waals surface area contributed by atoms with Crippen LogP contribution in [0, 0.1) is 0 Å². The summed E-state index contributed by atoms with van der Waals surface area (Å²) in [5, 5.41) is 28.9. The lowest BCUT2D eigenvalue weighted by Crippen LogP contribution is -2.30. The van der Waals surface area contributed by atoms with Crippen molar-refractivity contribution in [2.24, 2.45) is 0 Å². The molecule has 0 amide bonds. The molecule has 70 valence electrons. The van der Waals surface area contributed by atoms with Gasteiger partial charge in [-0.1, -0.05) is 24.3 Å². The zero-order valence-corrected chi connectivity index (χ0v) is 7.38. The Morgan fingerprint density at radius 2 is 1.79 bits per heavy atom. The Morgan fingerprint density at radius 3 is 2.50 bits per heavy atom. The summed E-state index contributed by atoms with van der Waals surface area (Å²) in [4.78, 5) is 0. The molecule has 4 heteroatoms. The summed E-state index contributed by atoms with van der Waals surface area (Å²) >= 11 is 0. The third-order valence-electron chi connectivity index (χ3n) is 2.18. The highest BCUT2D eigenvalue weighted by Gasteiger charge is 2.13. The fourth-order valence-electron chi connectivity index (χ4n) is 1.52. The van der Waals surface area contributed by atoms with Gasteiger partial charge in [-0.15, -0.1) is 0 Å². The van der Waals surface area contributed by atoms with Gasteiger partial charge in [0.15, 0.2) is 0 Å². The van der Waals surface area contributed by atoms with E-state index in [1.807, 2.05) is 0 Å². The van der Waals surface area contributed by atoms with Crippen LogP contribution in [-0.2, 0) is 0 Å². The summed E-state index contributed by atoms with van der Waals surface area (Å²) in [7, 11) is -1.48. The van der Waals surface area contributed by atoms with Crippen molar-refractivity contribution in [2.45, 2.75) is 0 Å². The highest BCUT2D eigenvalue weighted by molar-refractivity contribution is 6.61. The Labute approximate surface area is 81.4 Å². The van der Waals surface area contributed by atoms with Gasteiger partial charge in [-0.2, -0.15) is 0 Å². The maximum atomic E-state index is 9.23. The van der Waals surface area contributed by atoms with Gasteiger partial charge in [-0.25, -0.2) is 0 Å². The topological polar surface area (TPSA) is 60.7 Å². The zero-order chi connectivity index (χ0) is 10.1. The summed E-state index contributed by atoms with van der Waals surface area (Å²) in [5.41, 5.74) is 0.447. The Bertz CT molecular complexity index is 468. The van der Waals surface area contributed by atoms with E-state index in [0.717, 1.165) is 10.8 Å². The Kier molecular flexibility index (Phi) is 2.15. The van der Waals surface area contributed by atoms with Crippen molar-refractivity contribution < 1.29 is 15.2 Å². The number of aromatic hydroxyl groups is 1. The van der Waals surface area contributed by atoms with Gasteiger partial charge in [-0.05, 0) is 28.4 Å². The third kappa shape index (κ3) is 1.45. The molecule has 0 heterocycles. The van der Waals surface area contributed by atoms with Gasteiger partial charge in [0.1, 0.15) is 5.75 Å². The molecule has 0 aliphatic rings. The maximum absolute atomic E-state index is 9.23. The minimum atomic E-state index is -1.48. The second-order valence-electron chi connectivity index (χ2n) is 3.13. The average molecular weight is 188 g/mol. The monoisotopic (exact) mass is 188 g/mol. The molecule has 0 fully saturated rings. The normalized spacial score (nSPS) is 10.4. The first-order valence-electron chi connectivity index (χ1n) is 4.26. The molecule has 14 heavy (non-hydrogen) atoms. The molecule has 0 saturated carbocycles. The summed E-state index contributed by atoms with van der Waals surface area (Å²) in [6, 6.07) is 9.94. The highest BCUT2D eigenvalue weighted by Crippen LogP contribution is 2.18. The molecule has 2 rings (SSSR count). The lowest BCUT2D eigenvalue weighted by Gasteiger charge is -2.05. The van der Waals surface area contributed by atoms with Crippen LogP contribution in [-0.4, -0.2) is 22.3 Å². The van der Waals surface area contributed by atoms with Crippen LogP contribution in [0.3, 0.4) is 0 Å². The second kappa shape index (κ2) is 3.33. The minimum absolute atomic E-state index is 0.169. The van der Waals surface area contributed by atoms with Crippen molar-refractivity contribution in [1.82, 2.24) is 0 Å². The summed E-state index contributed by atoms with van der Waals surface area (Å²) < 4.78 is 0. The van der Waals surface area contributed by atoms with E-state index in [4.69, 9.17) is 10.0 Å². The number of fused-ring (bicyclic) bond motifs is 1. The average Bonchev–Trinajstić information content (AvgIpc) is 2.16. The fraction of sp³-hybridized carbons (Fsp3) is 0. The van der Waals surface area contributed by atoms with E-state index < -0.39 is 7.12 Å². The third-order valence-corrected chi connectivity index (χ3v) is 2.18. The van der Waals surface area contributed by atoms with Gasteiger partial charge in [-0.3, -0.25) is 0 Å². The molecule has 0 aliphatic carbocycles. The SMILES string of the molecule is OB(O)c1cccc2cc(O)ccc12. The summed E-state index contributed by atoms with van der Waals surface area (Å²) in [6.45, 7) is 0. The minimum Gasteiger partial charge on any atom is -0.508 e. The first kappa shape index (κ1) is 9.06. The van der Waals surface area contributed by atoms with Crippen molar-refractivity contribution >= 4 is 23.4 Å². The van der Waals surface area contributed by atoms with Gasteiger partial charge < -0.3 is 15.2 Å². The predicted octanol–water partition coefficient (Wildman–Crippen LogP) is 0.225. The van der Waals surface area contributed by atoms with Crippen LogP contribution >= 0.6 is 0 Å². The van der Waals surface area contributed by atoms with Gasteiger partial charge in [0, 0.05) is 0 Å². The van der Waals surface area contributed by atoms with Crippen LogP contribution in [0.1, 0.15) is 0 Å². The number of hydrogen-bond acceptors (Lipinski definition) is 3. The van der Waals surface area contributed by atoms with E-state index in [0.29, 0.717) is 5.46 Å². The molecule has 0 radical (unpaired) electrons. The molecule has 0 aromatic heterocycles. The molecule has 0 bridgehead atoms. The van der Waals surface area contributed by atoms with Gasteiger partial charge in [0.2, 0.25) is 0 Å².